The van der Waals surface area contributed by atoms with E-state index in [-0.39, 0.29) is 5.92 Å². The Morgan fingerprint density at radius 1 is 1.60 bits per heavy atom. The lowest BCUT2D eigenvalue weighted by Crippen LogP contribution is -1.97. The van der Waals surface area contributed by atoms with E-state index in [2.05, 4.69) is 6.58 Å². The highest BCUT2D eigenvalue weighted by Crippen LogP contribution is 2.16. The lowest BCUT2D eigenvalue weighted by molar-refractivity contribution is 0.566. The third-order valence-electron chi connectivity index (χ3n) is 1.44. The second kappa shape index (κ2) is 3.00. The van der Waals surface area contributed by atoms with Gasteiger partial charge in [-0.15, -0.1) is 6.58 Å². The normalized spacial score (nSPS) is 22.4. The number of carbonyl (C=O) groups excluding carboxylic acids is 1. The Morgan fingerprint density at radius 2 is 2.40 bits per heavy atom. The molecule has 0 aliphatic heterocycles. The molecule has 0 bridgehead atoms. The predicted molar refractivity (Wildman–Crippen MR) is 41.2 cm³/mol. The molecule has 1 aliphatic rings. The van der Waals surface area contributed by atoms with Crippen molar-refractivity contribution in [1.82, 2.24) is 0 Å². The molecule has 1 aliphatic carbocycles. The van der Waals surface area contributed by atoms with Gasteiger partial charge in [-0.1, -0.05) is 24.3 Å². The lowest BCUT2D eigenvalue weighted by Gasteiger charge is -2.06. The van der Waals surface area contributed by atoms with E-state index in [4.69, 9.17) is 0 Å². The molecule has 10 heavy (non-hydrogen) atoms. The zero-order valence-electron chi connectivity index (χ0n) is 5.58. The molecule has 1 rings (SSSR count). The summed E-state index contributed by atoms with van der Waals surface area (Å²) in [6.07, 6.45) is 9.10. The molecule has 1 nitrogen and oxygen atoms in total. The maximum Gasteiger partial charge on any atom is 0.128 e. The number of hydrogen-bond donors (Lipinski definition) is 0. The Bertz CT molecular complexity index is 239. The van der Waals surface area contributed by atoms with Crippen molar-refractivity contribution in [3.8, 4) is 0 Å². The zero-order chi connectivity index (χ0) is 7.40. The van der Waals surface area contributed by atoms with Crippen LogP contribution in [0.25, 0.3) is 0 Å². The number of hydrogen-bond acceptors (Lipinski definition) is 1. The minimum atomic E-state index is 0.0579. The minimum Gasteiger partial charge on any atom is -0.233 e. The molecular weight excluding hydrogens is 124 g/mol. The number of rotatable bonds is 1. The van der Waals surface area contributed by atoms with E-state index < -0.39 is 0 Å². The van der Waals surface area contributed by atoms with Gasteiger partial charge in [-0.25, -0.2) is 4.79 Å². The summed E-state index contributed by atoms with van der Waals surface area (Å²) in [5.41, 5.74) is 0.650. The van der Waals surface area contributed by atoms with Crippen LogP contribution >= 0.6 is 0 Å². The van der Waals surface area contributed by atoms with E-state index in [0.29, 0.717) is 5.57 Å². The van der Waals surface area contributed by atoms with Crippen molar-refractivity contribution in [3.63, 3.8) is 0 Å². The summed E-state index contributed by atoms with van der Waals surface area (Å²) in [7, 11) is 0. The molecule has 0 fully saturated rings. The fourth-order valence-corrected chi connectivity index (χ4v) is 0.865. The molecule has 0 amide bonds. The molecule has 0 saturated carbocycles. The van der Waals surface area contributed by atoms with E-state index >= 15 is 0 Å². The van der Waals surface area contributed by atoms with Gasteiger partial charge in [0.25, 0.3) is 0 Å². The highest BCUT2D eigenvalue weighted by atomic mass is 16.1. The van der Waals surface area contributed by atoms with Crippen LogP contribution in [-0.2, 0) is 4.79 Å². The summed E-state index contributed by atoms with van der Waals surface area (Å²) in [6, 6.07) is 0. The molecule has 0 aromatic carbocycles. The van der Waals surface area contributed by atoms with Crippen LogP contribution in [0.4, 0.5) is 0 Å². The van der Waals surface area contributed by atoms with Crippen LogP contribution in [0.3, 0.4) is 0 Å². The SMILES string of the molecule is C=CC1C=CC=CC1=C=O. The van der Waals surface area contributed by atoms with Gasteiger partial charge in [0.15, 0.2) is 0 Å². The Kier molecular flexibility index (Phi) is 2.03. The van der Waals surface area contributed by atoms with Gasteiger partial charge in [-0.2, -0.15) is 0 Å². The van der Waals surface area contributed by atoms with Crippen molar-refractivity contribution < 1.29 is 4.79 Å². The topological polar surface area (TPSA) is 17.1 Å². The summed E-state index contributed by atoms with van der Waals surface area (Å²) < 4.78 is 0. The molecule has 1 unspecified atom stereocenters. The summed E-state index contributed by atoms with van der Waals surface area (Å²) in [5.74, 6) is 1.92. The van der Waals surface area contributed by atoms with Gasteiger partial charge in [0, 0.05) is 11.5 Å². The van der Waals surface area contributed by atoms with Crippen LogP contribution in [0.2, 0.25) is 0 Å². The van der Waals surface area contributed by atoms with Crippen LogP contribution < -0.4 is 0 Å². The lowest BCUT2D eigenvalue weighted by atomic mass is 9.96. The fourth-order valence-electron chi connectivity index (χ4n) is 0.865. The maximum atomic E-state index is 10.2. The van der Waals surface area contributed by atoms with Gasteiger partial charge in [-0.05, 0) is 6.08 Å². The smallest absolute Gasteiger partial charge is 0.128 e. The second-order valence-corrected chi connectivity index (χ2v) is 2.06. The molecule has 0 aromatic rings. The summed E-state index contributed by atoms with van der Waals surface area (Å²) in [5, 5.41) is 0. The van der Waals surface area contributed by atoms with Crippen molar-refractivity contribution in [1.29, 1.82) is 0 Å². The summed E-state index contributed by atoms with van der Waals surface area (Å²) in [6.45, 7) is 3.60. The first-order valence-electron chi connectivity index (χ1n) is 3.11. The van der Waals surface area contributed by atoms with Gasteiger partial charge in [0.05, 0.1) is 0 Å². The van der Waals surface area contributed by atoms with Crippen molar-refractivity contribution in [3.05, 3.63) is 42.5 Å². The average Bonchev–Trinajstić information content (AvgIpc) is 2.04. The van der Waals surface area contributed by atoms with Crippen molar-refractivity contribution >= 4 is 5.94 Å². The molecule has 1 heteroatoms. The first-order chi connectivity index (χ1) is 4.88. The quantitative estimate of drug-likeness (QED) is 0.392. The predicted octanol–water partition coefficient (Wildman–Crippen LogP) is 1.67. The Morgan fingerprint density at radius 3 is 2.90 bits per heavy atom. The van der Waals surface area contributed by atoms with Crippen LogP contribution in [0.15, 0.2) is 42.5 Å². The third-order valence-corrected chi connectivity index (χ3v) is 1.44. The zero-order valence-corrected chi connectivity index (χ0v) is 5.58. The monoisotopic (exact) mass is 132 g/mol. The third kappa shape index (κ3) is 1.15. The first-order valence-corrected chi connectivity index (χ1v) is 3.11. The van der Waals surface area contributed by atoms with Crippen LogP contribution in [0, 0.1) is 5.92 Å². The van der Waals surface area contributed by atoms with Crippen LogP contribution in [0.5, 0.6) is 0 Å². The molecule has 0 heterocycles. The van der Waals surface area contributed by atoms with Crippen LogP contribution in [-0.4, -0.2) is 5.94 Å². The maximum absolute atomic E-state index is 10.2. The average molecular weight is 132 g/mol. The highest BCUT2D eigenvalue weighted by Gasteiger charge is 2.06. The Hall–Kier alpha value is -1.33. The molecular formula is C9H8O. The van der Waals surface area contributed by atoms with Crippen molar-refractivity contribution in [2.75, 3.05) is 0 Å². The van der Waals surface area contributed by atoms with Gasteiger partial charge >= 0.3 is 0 Å². The second-order valence-electron chi connectivity index (χ2n) is 2.06. The van der Waals surface area contributed by atoms with E-state index in [1.165, 1.54) is 0 Å². The van der Waals surface area contributed by atoms with E-state index in [9.17, 15) is 4.79 Å². The minimum absolute atomic E-state index is 0.0579. The number of allylic oxidation sites excluding steroid dienone is 6. The molecule has 0 spiro atoms. The van der Waals surface area contributed by atoms with Crippen molar-refractivity contribution in [2.24, 2.45) is 5.92 Å². The summed E-state index contributed by atoms with van der Waals surface area (Å²) >= 11 is 0. The van der Waals surface area contributed by atoms with Crippen LogP contribution in [0.1, 0.15) is 0 Å². The van der Waals surface area contributed by atoms with E-state index in [1.54, 1.807) is 12.2 Å². The summed E-state index contributed by atoms with van der Waals surface area (Å²) in [4.78, 5) is 10.2. The molecule has 1 atom stereocenters. The Labute approximate surface area is 60.1 Å². The molecule has 0 saturated heterocycles. The van der Waals surface area contributed by atoms with E-state index in [1.807, 2.05) is 24.2 Å². The van der Waals surface area contributed by atoms with Gasteiger partial charge in [0.2, 0.25) is 0 Å². The molecule has 0 N–H and O–H groups in total. The molecule has 50 valence electrons. The first kappa shape index (κ1) is 6.79. The largest absolute Gasteiger partial charge is 0.233 e. The fraction of sp³-hybridized carbons (Fsp3) is 0.111. The van der Waals surface area contributed by atoms with Gasteiger partial charge in [-0.3, -0.25) is 0 Å². The Balaban J connectivity index is 2.94. The molecule has 0 radical (unpaired) electrons. The van der Waals surface area contributed by atoms with Gasteiger partial charge < -0.3 is 0 Å². The molecule has 0 aromatic heterocycles. The van der Waals surface area contributed by atoms with E-state index in [0.717, 1.165) is 0 Å². The standard InChI is InChI=1S/C9H8O/c1-2-8-5-3-4-6-9(8)7-10/h2-6,8H,1H2. The van der Waals surface area contributed by atoms with Gasteiger partial charge in [0.1, 0.15) is 5.94 Å². The highest BCUT2D eigenvalue weighted by molar-refractivity contribution is 5.61. The van der Waals surface area contributed by atoms with Crippen molar-refractivity contribution in [2.45, 2.75) is 0 Å².